The standard InChI is InChI=1S/C14H10N2O/c17-9-13-15-12-8-4-7-11(14(12)16-13)10-5-2-1-3-6-10/h1-9H,(H,15,16). The van der Waals surface area contributed by atoms with Gasteiger partial charge < -0.3 is 4.98 Å². The lowest BCUT2D eigenvalue weighted by atomic mass is 10.0. The number of benzene rings is 2. The molecule has 1 heterocycles. The van der Waals surface area contributed by atoms with Crippen molar-refractivity contribution in [3.63, 3.8) is 0 Å². The highest BCUT2D eigenvalue weighted by atomic mass is 16.1. The second-order valence-electron chi connectivity index (χ2n) is 3.81. The van der Waals surface area contributed by atoms with E-state index in [2.05, 4.69) is 9.97 Å². The number of carbonyl (C=O) groups is 1. The Hall–Kier alpha value is -2.42. The SMILES string of the molecule is O=Cc1nc2c(-c3ccccc3)cccc2[nH]1. The third kappa shape index (κ3) is 1.61. The van der Waals surface area contributed by atoms with Gasteiger partial charge in [-0.3, -0.25) is 4.79 Å². The molecule has 1 N–H and O–H groups in total. The Morgan fingerprint density at radius 3 is 2.59 bits per heavy atom. The number of hydrogen-bond acceptors (Lipinski definition) is 2. The summed E-state index contributed by atoms with van der Waals surface area (Å²) in [7, 11) is 0. The molecule has 0 aliphatic heterocycles. The number of nitrogens with one attached hydrogen (secondary N) is 1. The van der Waals surface area contributed by atoms with Crippen LogP contribution in [0, 0.1) is 0 Å². The minimum Gasteiger partial charge on any atom is -0.336 e. The van der Waals surface area contributed by atoms with E-state index in [1.54, 1.807) is 0 Å². The number of aldehydes is 1. The maximum absolute atomic E-state index is 10.7. The zero-order chi connectivity index (χ0) is 11.7. The number of H-pyrrole nitrogens is 1. The summed E-state index contributed by atoms with van der Waals surface area (Å²) >= 11 is 0. The highest BCUT2D eigenvalue weighted by Gasteiger charge is 2.07. The van der Waals surface area contributed by atoms with Crippen molar-refractivity contribution in [2.45, 2.75) is 0 Å². The normalized spacial score (nSPS) is 10.6. The molecule has 3 aromatic rings. The molecule has 0 unspecified atom stereocenters. The minimum atomic E-state index is 0.364. The molecule has 0 fully saturated rings. The Bertz CT molecular complexity index is 671. The Labute approximate surface area is 98.1 Å². The zero-order valence-electron chi connectivity index (χ0n) is 9.05. The number of hydrogen-bond donors (Lipinski definition) is 1. The molecule has 17 heavy (non-hydrogen) atoms. The van der Waals surface area contributed by atoms with Gasteiger partial charge in [0.2, 0.25) is 0 Å². The van der Waals surface area contributed by atoms with Crippen molar-refractivity contribution < 1.29 is 4.79 Å². The number of imidazole rings is 1. The van der Waals surface area contributed by atoms with Crippen molar-refractivity contribution in [1.29, 1.82) is 0 Å². The monoisotopic (exact) mass is 222 g/mol. The van der Waals surface area contributed by atoms with Gasteiger partial charge in [0.05, 0.1) is 11.0 Å². The van der Waals surface area contributed by atoms with E-state index in [0.29, 0.717) is 5.82 Å². The van der Waals surface area contributed by atoms with Crippen molar-refractivity contribution in [2.24, 2.45) is 0 Å². The zero-order valence-corrected chi connectivity index (χ0v) is 9.05. The Morgan fingerprint density at radius 1 is 1.00 bits per heavy atom. The Kier molecular flexibility index (Phi) is 2.22. The number of aromatic amines is 1. The average Bonchev–Trinajstić information content (AvgIpc) is 2.82. The van der Waals surface area contributed by atoms with Gasteiger partial charge in [0.1, 0.15) is 0 Å². The number of nitrogens with zero attached hydrogens (tertiary/aromatic N) is 1. The largest absolute Gasteiger partial charge is 0.336 e. The third-order valence-electron chi connectivity index (χ3n) is 2.73. The van der Waals surface area contributed by atoms with Crippen molar-refractivity contribution >= 4 is 17.3 Å². The molecular formula is C14H10N2O. The van der Waals surface area contributed by atoms with Gasteiger partial charge >= 0.3 is 0 Å². The van der Waals surface area contributed by atoms with Crippen LogP contribution >= 0.6 is 0 Å². The number of aromatic nitrogens is 2. The molecule has 0 amide bonds. The topological polar surface area (TPSA) is 45.8 Å². The van der Waals surface area contributed by atoms with Gasteiger partial charge in [-0.25, -0.2) is 4.98 Å². The fourth-order valence-electron chi connectivity index (χ4n) is 1.96. The predicted octanol–water partition coefficient (Wildman–Crippen LogP) is 3.04. The van der Waals surface area contributed by atoms with E-state index in [1.165, 1.54) is 0 Å². The molecule has 82 valence electrons. The number of rotatable bonds is 2. The molecule has 0 atom stereocenters. The van der Waals surface area contributed by atoms with Gasteiger partial charge in [0, 0.05) is 5.56 Å². The molecule has 0 saturated heterocycles. The average molecular weight is 222 g/mol. The van der Waals surface area contributed by atoms with Crippen molar-refractivity contribution in [2.75, 3.05) is 0 Å². The van der Waals surface area contributed by atoms with Gasteiger partial charge in [0.15, 0.2) is 12.1 Å². The number of carbonyl (C=O) groups excluding carboxylic acids is 1. The van der Waals surface area contributed by atoms with E-state index in [9.17, 15) is 4.79 Å². The third-order valence-corrected chi connectivity index (χ3v) is 2.73. The van der Waals surface area contributed by atoms with E-state index >= 15 is 0 Å². The van der Waals surface area contributed by atoms with Crippen LogP contribution in [0.5, 0.6) is 0 Å². The second-order valence-corrected chi connectivity index (χ2v) is 3.81. The lowest BCUT2D eigenvalue weighted by Gasteiger charge is -2.01. The van der Waals surface area contributed by atoms with Gasteiger partial charge in [-0.1, -0.05) is 42.5 Å². The molecule has 0 aliphatic rings. The first kappa shape index (κ1) is 9.78. The molecule has 3 nitrogen and oxygen atoms in total. The molecule has 3 heteroatoms. The second kappa shape index (κ2) is 3.87. The summed E-state index contributed by atoms with van der Waals surface area (Å²) < 4.78 is 0. The molecule has 3 rings (SSSR count). The van der Waals surface area contributed by atoms with Crippen LogP contribution in [0.1, 0.15) is 10.6 Å². The lowest BCUT2D eigenvalue weighted by Crippen LogP contribution is -1.81. The van der Waals surface area contributed by atoms with Crippen molar-refractivity contribution in [1.82, 2.24) is 9.97 Å². The molecule has 0 aliphatic carbocycles. The highest BCUT2D eigenvalue weighted by Crippen LogP contribution is 2.26. The summed E-state index contributed by atoms with van der Waals surface area (Å²) in [6.45, 7) is 0. The first-order valence-electron chi connectivity index (χ1n) is 5.38. The van der Waals surface area contributed by atoms with E-state index in [4.69, 9.17) is 0 Å². The van der Waals surface area contributed by atoms with Crippen LogP contribution in [0.25, 0.3) is 22.2 Å². The van der Waals surface area contributed by atoms with E-state index < -0.39 is 0 Å². The molecular weight excluding hydrogens is 212 g/mol. The van der Waals surface area contributed by atoms with Crippen molar-refractivity contribution in [3.05, 3.63) is 54.4 Å². The molecule has 0 spiro atoms. The lowest BCUT2D eigenvalue weighted by molar-refractivity contribution is 0.111. The van der Waals surface area contributed by atoms with E-state index in [1.807, 2.05) is 48.5 Å². The van der Waals surface area contributed by atoms with Crippen LogP contribution in [0.2, 0.25) is 0 Å². The first-order chi connectivity index (χ1) is 8.38. The highest BCUT2D eigenvalue weighted by molar-refractivity contribution is 5.93. The van der Waals surface area contributed by atoms with Gasteiger partial charge in [-0.05, 0) is 11.6 Å². The maximum Gasteiger partial charge on any atom is 0.185 e. The summed E-state index contributed by atoms with van der Waals surface area (Å²) in [6, 6.07) is 15.9. The summed E-state index contributed by atoms with van der Waals surface area (Å²) in [6.07, 6.45) is 0.731. The van der Waals surface area contributed by atoms with Crippen LogP contribution in [0.3, 0.4) is 0 Å². The summed E-state index contributed by atoms with van der Waals surface area (Å²) in [5.41, 5.74) is 3.85. The fourth-order valence-corrected chi connectivity index (χ4v) is 1.96. The maximum atomic E-state index is 10.7. The van der Waals surface area contributed by atoms with Gasteiger partial charge in [0.25, 0.3) is 0 Å². The molecule has 0 bridgehead atoms. The first-order valence-corrected chi connectivity index (χ1v) is 5.38. The Morgan fingerprint density at radius 2 is 1.82 bits per heavy atom. The minimum absolute atomic E-state index is 0.364. The van der Waals surface area contributed by atoms with Crippen LogP contribution in [0.4, 0.5) is 0 Å². The van der Waals surface area contributed by atoms with Crippen LogP contribution in [0.15, 0.2) is 48.5 Å². The van der Waals surface area contributed by atoms with Gasteiger partial charge in [-0.15, -0.1) is 0 Å². The van der Waals surface area contributed by atoms with Gasteiger partial charge in [-0.2, -0.15) is 0 Å². The summed E-state index contributed by atoms with van der Waals surface area (Å²) in [5, 5.41) is 0. The summed E-state index contributed by atoms with van der Waals surface area (Å²) in [5.74, 6) is 0.364. The molecule has 1 aromatic heterocycles. The van der Waals surface area contributed by atoms with Crippen LogP contribution in [-0.2, 0) is 0 Å². The molecule has 0 saturated carbocycles. The van der Waals surface area contributed by atoms with E-state index in [0.717, 1.165) is 28.4 Å². The van der Waals surface area contributed by atoms with E-state index in [-0.39, 0.29) is 0 Å². The van der Waals surface area contributed by atoms with Crippen LogP contribution in [-0.4, -0.2) is 16.3 Å². The number of fused-ring (bicyclic) bond motifs is 1. The smallest absolute Gasteiger partial charge is 0.185 e. The molecule has 0 radical (unpaired) electrons. The predicted molar refractivity (Wildman–Crippen MR) is 66.9 cm³/mol. The van der Waals surface area contributed by atoms with Crippen LogP contribution < -0.4 is 0 Å². The Balaban J connectivity index is 2.29. The van der Waals surface area contributed by atoms with Crippen molar-refractivity contribution in [3.8, 4) is 11.1 Å². The quantitative estimate of drug-likeness (QED) is 0.677. The fraction of sp³-hybridized carbons (Fsp3) is 0. The summed E-state index contributed by atoms with van der Waals surface area (Å²) in [4.78, 5) is 18.0. The molecule has 2 aromatic carbocycles. The number of para-hydroxylation sites is 1.